The molecule has 0 fully saturated rings. The molecule has 2 rings (SSSR count). The first-order valence-electron chi connectivity index (χ1n) is 7.12. The molecular formula is C17H19ClN2O2. The van der Waals surface area contributed by atoms with E-state index in [1.165, 1.54) is 0 Å². The maximum Gasteiger partial charge on any atom is 0.213 e. The van der Waals surface area contributed by atoms with Crippen molar-refractivity contribution in [1.82, 2.24) is 4.98 Å². The Morgan fingerprint density at radius 1 is 1.32 bits per heavy atom. The van der Waals surface area contributed by atoms with Gasteiger partial charge < -0.3 is 9.47 Å². The van der Waals surface area contributed by atoms with Crippen molar-refractivity contribution in [3.05, 3.63) is 47.1 Å². The molecule has 0 unspecified atom stereocenters. The average molecular weight is 319 g/mol. The number of aromatic nitrogens is 1. The summed E-state index contributed by atoms with van der Waals surface area (Å²) in [6.07, 6.45) is 4.46. The van der Waals surface area contributed by atoms with Crippen molar-refractivity contribution in [1.29, 1.82) is 0 Å². The second-order valence-electron chi connectivity index (χ2n) is 4.84. The highest BCUT2D eigenvalue weighted by atomic mass is 35.5. The summed E-state index contributed by atoms with van der Waals surface area (Å²) in [5, 5.41) is 0.581. The van der Waals surface area contributed by atoms with Crippen LogP contribution in [0, 0.1) is 0 Å². The Balaban J connectivity index is 2.09. The molecule has 1 heterocycles. The van der Waals surface area contributed by atoms with E-state index >= 15 is 0 Å². The summed E-state index contributed by atoms with van der Waals surface area (Å²) in [7, 11) is 1.58. The predicted molar refractivity (Wildman–Crippen MR) is 89.9 cm³/mol. The number of nitrogens with zero attached hydrogens (tertiary/aromatic N) is 2. The van der Waals surface area contributed by atoms with Gasteiger partial charge in [0.05, 0.1) is 30.1 Å². The fraction of sp³-hybridized carbons (Fsp3) is 0.294. The molecule has 0 spiro atoms. The normalized spacial score (nSPS) is 12.4. The molecule has 2 aromatic rings. The van der Waals surface area contributed by atoms with E-state index in [9.17, 15) is 0 Å². The summed E-state index contributed by atoms with van der Waals surface area (Å²) in [6.45, 7) is 4.09. The van der Waals surface area contributed by atoms with Gasteiger partial charge in [-0.15, -0.1) is 0 Å². The number of pyridine rings is 1. The predicted octanol–water partition coefficient (Wildman–Crippen LogP) is 4.67. The van der Waals surface area contributed by atoms with Gasteiger partial charge in [0.25, 0.3) is 0 Å². The van der Waals surface area contributed by atoms with Gasteiger partial charge in [-0.1, -0.05) is 18.5 Å². The van der Waals surface area contributed by atoms with Crippen LogP contribution in [0.3, 0.4) is 0 Å². The Kier molecular flexibility index (Phi) is 5.78. The zero-order valence-corrected chi connectivity index (χ0v) is 13.7. The lowest BCUT2D eigenvalue weighted by atomic mass is 10.2. The second kappa shape index (κ2) is 7.80. The molecule has 22 heavy (non-hydrogen) atoms. The molecule has 5 heteroatoms. The van der Waals surface area contributed by atoms with Gasteiger partial charge >= 0.3 is 0 Å². The van der Waals surface area contributed by atoms with Crippen molar-refractivity contribution in [2.75, 3.05) is 7.11 Å². The fourth-order valence-corrected chi connectivity index (χ4v) is 1.95. The Bertz CT molecular complexity index is 642. The number of hydrogen-bond donors (Lipinski definition) is 0. The van der Waals surface area contributed by atoms with Gasteiger partial charge in [0.1, 0.15) is 5.75 Å². The van der Waals surface area contributed by atoms with Crippen molar-refractivity contribution >= 4 is 23.5 Å². The van der Waals surface area contributed by atoms with Crippen LogP contribution in [0.2, 0.25) is 5.02 Å². The highest BCUT2D eigenvalue weighted by Crippen LogP contribution is 2.26. The van der Waals surface area contributed by atoms with Crippen LogP contribution in [0.5, 0.6) is 11.6 Å². The van der Waals surface area contributed by atoms with Gasteiger partial charge in [-0.2, -0.15) is 0 Å². The minimum Gasteiger partial charge on any atom is -0.489 e. The average Bonchev–Trinajstić information content (AvgIpc) is 2.55. The monoisotopic (exact) mass is 318 g/mol. The smallest absolute Gasteiger partial charge is 0.213 e. The molecule has 0 aliphatic heterocycles. The Morgan fingerprint density at radius 3 is 2.73 bits per heavy atom. The van der Waals surface area contributed by atoms with Gasteiger partial charge in [0, 0.05) is 12.3 Å². The number of halogens is 1. The van der Waals surface area contributed by atoms with E-state index in [0.717, 1.165) is 17.7 Å². The third-order valence-electron chi connectivity index (χ3n) is 3.15. The summed E-state index contributed by atoms with van der Waals surface area (Å²) in [5.41, 5.74) is 1.65. The van der Waals surface area contributed by atoms with Crippen LogP contribution in [0.15, 0.2) is 41.5 Å². The molecule has 0 saturated carbocycles. The number of methoxy groups -OCH3 is 1. The van der Waals surface area contributed by atoms with Crippen molar-refractivity contribution in [3.8, 4) is 11.6 Å². The van der Waals surface area contributed by atoms with Gasteiger partial charge in [0.2, 0.25) is 5.88 Å². The van der Waals surface area contributed by atoms with Crippen LogP contribution in [0.4, 0.5) is 5.69 Å². The van der Waals surface area contributed by atoms with E-state index in [1.54, 1.807) is 25.6 Å². The van der Waals surface area contributed by atoms with Crippen molar-refractivity contribution in [2.24, 2.45) is 4.99 Å². The molecule has 0 saturated heterocycles. The molecule has 0 radical (unpaired) electrons. The summed E-state index contributed by atoms with van der Waals surface area (Å²) in [4.78, 5) is 8.46. The van der Waals surface area contributed by atoms with E-state index in [2.05, 4.69) is 16.9 Å². The lowest BCUT2D eigenvalue weighted by Gasteiger charge is -2.13. The van der Waals surface area contributed by atoms with Crippen LogP contribution in [0.25, 0.3) is 0 Å². The maximum absolute atomic E-state index is 6.24. The third-order valence-corrected chi connectivity index (χ3v) is 3.45. The summed E-state index contributed by atoms with van der Waals surface area (Å²) < 4.78 is 10.7. The maximum atomic E-state index is 6.24. The molecule has 1 aromatic heterocycles. The molecule has 1 aromatic carbocycles. The standard InChI is InChI=1S/C17H19ClN2O2/c1-4-12(2)22-16-7-5-13(9-15(16)18)10-19-14-6-8-17(21-3)20-11-14/h5-12H,4H2,1-3H3/t12-/m0/s1. The van der Waals surface area contributed by atoms with E-state index < -0.39 is 0 Å². The van der Waals surface area contributed by atoms with Gasteiger partial charge in [-0.3, -0.25) is 4.99 Å². The highest BCUT2D eigenvalue weighted by Gasteiger charge is 2.06. The Labute approximate surface area is 135 Å². The zero-order chi connectivity index (χ0) is 15.9. The Morgan fingerprint density at radius 2 is 2.14 bits per heavy atom. The van der Waals surface area contributed by atoms with Gasteiger partial charge in [-0.25, -0.2) is 4.98 Å². The van der Waals surface area contributed by atoms with E-state index in [0.29, 0.717) is 16.7 Å². The minimum absolute atomic E-state index is 0.141. The number of ether oxygens (including phenoxy) is 2. The number of rotatable bonds is 6. The van der Waals surface area contributed by atoms with Crippen molar-refractivity contribution < 1.29 is 9.47 Å². The molecule has 4 nitrogen and oxygen atoms in total. The van der Waals surface area contributed by atoms with Crippen LogP contribution in [-0.4, -0.2) is 24.4 Å². The SMILES string of the molecule is CC[C@H](C)Oc1ccc(C=Nc2ccc(OC)nc2)cc1Cl. The molecule has 0 N–H and O–H groups in total. The third kappa shape index (κ3) is 4.46. The molecular weight excluding hydrogens is 300 g/mol. The van der Waals surface area contributed by atoms with Gasteiger partial charge in [-0.05, 0) is 43.2 Å². The molecule has 0 amide bonds. The summed E-state index contributed by atoms with van der Waals surface area (Å²) in [6, 6.07) is 9.22. The lowest BCUT2D eigenvalue weighted by molar-refractivity contribution is 0.217. The van der Waals surface area contributed by atoms with E-state index in [4.69, 9.17) is 21.1 Å². The molecule has 0 aliphatic rings. The van der Waals surface area contributed by atoms with Crippen molar-refractivity contribution in [2.45, 2.75) is 26.4 Å². The molecule has 1 atom stereocenters. The Hall–Kier alpha value is -2.07. The molecule has 116 valence electrons. The quantitative estimate of drug-likeness (QED) is 0.727. The number of aliphatic imine (C=N–C) groups is 1. The largest absolute Gasteiger partial charge is 0.489 e. The zero-order valence-electron chi connectivity index (χ0n) is 12.9. The highest BCUT2D eigenvalue weighted by molar-refractivity contribution is 6.32. The summed E-state index contributed by atoms with van der Waals surface area (Å²) >= 11 is 6.24. The summed E-state index contributed by atoms with van der Waals surface area (Å²) in [5.74, 6) is 1.26. The van der Waals surface area contributed by atoms with Gasteiger partial charge in [0.15, 0.2) is 0 Å². The van der Waals surface area contributed by atoms with Crippen molar-refractivity contribution in [3.63, 3.8) is 0 Å². The van der Waals surface area contributed by atoms with E-state index in [1.807, 2.05) is 31.2 Å². The van der Waals surface area contributed by atoms with Crippen LogP contribution >= 0.6 is 11.6 Å². The molecule has 0 bridgehead atoms. The minimum atomic E-state index is 0.141. The number of benzene rings is 1. The van der Waals surface area contributed by atoms with E-state index in [-0.39, 0.29) is 6.10 Å². The van der Waals surface area contributed by atoms with Crippen LogP contribution in [0.1, 0.15) is 25.8 Å². The van der Waals surface area contributed by atoms with Crippen LogP contribution < -0.4 is 9.47 Å². The topological polar surface area (TPSA) is 43.7 Å². The second-order valence-corrected chi connectivity index (χ2v) is 5.25. The fourth-order valence-electron chi connectivity index (χ4n) is 1.71. The number of hydrogen-bond acceptors (Lipinski definition) is 4. The first kappa shape index (κ1) is 16.3. The molecule has 0 aliphatic carbocycles. The first-order valence-corrected chi connectivity index (χ1v) is 7.50. The first-order chi connectivity index (χ1) is 10.6. The lowest BCUT2D eigenvalue weighted by Crippen LogP contribution is -2.09. The van der Waals surface area contributed by atoms with Crippen LogP contribution in [-0.2, 0) is 0 Å².